The summed E-state index contributed by atoms with van der Waals surface area (Å²) in [6.45, 7) is 30.9. The Labute approximate surface area is 243 Å². The van der Waals surface area contributed by atoms with Crippen LogP contribution in [0.1, 0.15) is 107 Å². The minimum absolute atomic E-state index is 0.0332. The Morgan fingerprint density at radius 3 is 1.77 bits per heavy atom. The van der Waals surface area contributed by atoms with Crippen LogP contribution in [-0.4, -0.2) is 6.11 Å². The smallest absolute Gasteiger partial charge is 0.400 e. The number of hydrogen-bond donors (Lipinski definition) is 0. The van der Waals surface area contributed by atoms with Crippen LogP contribution in [0.3, 0.4) is 0 Å². The predicted octanol–water partition coefficient (Wildman–Crippen LogP) is 12.5. The van der Waals surface area contributed by atoms with E-state index in [0.717, 1.165) is 37.3 Å². The molecule has 0 bridgehead atoms. The summed E-state index contributed by atoms with van der Waals surface area (Å²) >= 11 is 0. The molecular formula is C35H56F4O. The van der Waals surface area contributed by atoms with Gasteiger partial charge in [-0.3, -0.25) is 0 Å². The molecule has 0 amide bonds. The first-order valence-electron chi connectivity index (χ1n) is 15.0. The largest absolute Gasteiger partial charge is 0.433 e. The van der Waals surface area contributed by atoms with Crippen LogP contribution in [0.2, 0.25) is 0 Å². The Morgan fingerprint density at radius 1 is 0.725 bits per heavy atom. The lowest BCUT2D eigenvalue weighted by Gasteiger charge is -2.27. The molecule has 0 aromatic carbocycles. The highest BCUT2D eigenvalue weighted by atomic mass is 19.3. The average Bonchev–Trinajstić information content (AvgIpc) is 2.87. The number of halogens is 4. The van der Waals surface area contributed by atoms with Crippen LogP contribution in [0.4, 0.5) is 17.6 Å². The van der Waals surface area contributed by atoms with Gasteiger partial charge in [-0.2, -0.15) is 8.78 Å². The van der Waals surface area contributed by atoms with Gasteiger partial charge in [0.05, 0.1) is 5.92 Å². The zero-order chi connectivity index (χ0) is 31.2. The summed E-state index contributed by atoms with van der Waals surface area (Å²) < 4.78 is 63.0. The lowest BCUT2D eigenvalue weighted by molar-refractivity contribution is -0.245. The van der Waals surface area contributed by atoms with Crippen molar-refractivity contribution in [2.75, 3.05) is 0 Å². The van der Waals surface area contributed by atoms with Crippen molar-refractivity contribution in [3.8, 4) is 0 Å². The zero-order valence-corrected chi connectivity index (χ0v) is 26.5. The van der Waals surface area contributed by atoms with Crippen LogP contribution in [0.15, 0.2) is 72.6 Å². The Bertz CT molecular complexity index is 895. The summed E-state index contributed by atoms with van der Waals surface area (Å²) in [5.41, 5.74) is 1.50. The van der Waals surface area contributed by atoms with Crippen LogP contribution in [-0.2, 0) is 4.74 Å². The van der Waals surface area contributed by atoms with Crippen molar-refractivity contribution >= 4 is 0 Å². The van der Waals surface area contributed by atoms with Crippen molar-refractivity contribution in [2.45, 2.75) is 113 Å². The maximum atomic E-state index is 14.9. The van der Waals surface area contributed by atoms with Crippen molar-refractivity contribution in [1.82, 2.24) is 0 Å². The van der Waals surface area contributed by atoms with E-state index in [9.17, 15) is 17.6 Å². The standard InChI is InChI=1S/C35H56F4O/c1-13-14-28(8)33(36)22-31(11)40-35(38,39)30(10)20-19-25(5)24(4)17-18-27(7)32(12)34(37)21-29(9)26(6)16-15-23(2)3/h21-27,30H,8-9,11-20H2,1-7,10H3/b33-22+,34-21+. The van der Waals surface area contributed by atoms with E-state index in [-0.39, 0.29) is 41.5 Å². The van der Waals surface area contributed by atoms with Gasteiger partial charge in [-0.15, -0.1) is 0 Å². The van der Waals surface area contributed by atoms with Crippen LogP contribution < -0.4 is 0 Å². The number of allylic oxidation sites excluding steroid dienone is 7. The molecule has 0 aromatic rings. The molecule has 5 unspecified atom stereocenters. The highest BCUT2D eigenvalue weighted by molar-refractivity contribution is 5.32. The molecule has 0 fully saturated rings. The predicted molar refractivity (Wildman–Crippen MR) is 164 cm³/mol. The molecule has 0 saturated carbocycles. The molecule has 1 nitrogen and oxygen atoms in total. The Morgan fingerprint density at radius 2 is 1.25 bits per heavy atom. The fourth-order valence-corrected chi connectivity index (χ4v) is 4.31. The van der Waals surface area contributed by atoms with Crippen LogP contribution in [0.25, 0.3) is 0 Å². The third-order valence-corrected chi connectivity index (χ3v) is 8.12. The van der Waals surface area contributed by atoms with Crippen molar-refractivity contribution < 1.29 is 22.3 Å². The minimum atomic E-state index is -3.46. The van der Waals surface area contributed by atoms with E-state index in [1.54, 1.807) is 0 Å². The van der Waals surface area contributed by atoms with Crippen molar-refractivity contribution in [2.24, 2.45) is 35.5 Å². The van der Waals surface area contributed by atoms with E-state index in [4.69, 9.17) is 4.74 Å². The molecule has 40 heavy (non-hydrogen) atoms. The molecule has 0 heterocycles. The van der Waals surface area contributed by atoms with Gasteiger partial charge in [0.2, 0.25) is 0 Å². The molecule has 0 aliphatic carbocycles. The number of alkyl halides is 2. The van der Waals surface area contributed by atoms with Crippen molar-refractivity contribution in [3.63, 3.8) is 0 Å². The van der Waals surface area contributed by atoms with Gasteiger partial charge in [0.1, 0.15) is 17.4 Å². The quantitative estimate of drug-likeness (QED) is 0.0760. The molecule has 5 atom stereocenters. The summed E-state index contributed by atoms with van der Waals surface area (Å²) in [4.78, 5) is 0. The van der Waals surface area contributed by atoms with E-state index in [2.05, 4.69) is 60.9 Å². The molecule has 0 radical (unpaired) electrons. The fraction of sp³-hybridized carbons (Fsp3) is 0.657. The minimum Gasteiger partial charge on any atom is -0.433 e. The Hall–Kier alpha value is -2.04. The van der Waals surface area contributed by atoms with Gasteiger partial charge in [-0.25, -0.2) is 8.78 Å². The SMILES string of the molecule is C=C(/C=C(/F)C(=C)CCC)OC(F)(F)C(C)CCC(C)C(C)CCC(C)C(=C)/C(F)=C\C(=C)C(C)CCC(C)C. The van der Waals surface area contributed by atoms with Gasteiger partial charge in [0, 0.05) is 6.08 Å². The molecule has 0 N–H and O–H groups in total. The molecule has 0 aliphatic rings. The summed E-state index contributed by atoms with van der Waals surface area (Å²) in [5.74, 6) is -1.23. The lowest BCUT2D eigenvalue weighted by atomic mass is 9.83. The monoisotopic (exact) mass is 568 g/mol. The van der Waals surface area contributed by atoms with Gasteiger partial charge in [0.25, 0.3) is 0 Å². The topological polar surface area (TPSA) is 9.23 Å². The van der Waals surface area contributed by atoms with Crippen LogP contribution in [0.5, 0.6) is 0 Å². The molecule has 0 aromatic heterocycles. The second kappa shape index (κ2) is 18.4. The van der Waals surface area contributed by atoms with Crippen molar-refractivity contribution in [3.05, 3.63) is 72.6 Å². The number of hydrogen-bond acceptors (Lipinski definition) is 1. The Balaban J connectivity index is 4.78. The first-order valence-corrected chi connectivity index (χ1v) is 15.0. The first kappa shape index (κ1) is 38.0. The Kier molecular flexibility index (Phi) is 17.5. The van der Waals surface area contributed by atoms with E-state index in [1.165, 1.54) is 13.0 Å². The van der Waals surface area contributed by atoms with Crippen LogP contribution >= 0.6 is 0 Å². The number of ether oxygens (including phenoxy) is 1. The third kappa shape index (κ3) is 14.6. The fourth-order valence-electron chi connectivity index (χ4n) is 4.31. The molecule has 0 spiro atoms. The first-order chi connectivity index (χ1) is 18.4. The summed E-state index contributed by atoms with van der Waals surface area (Å²) in [5, 5.41) is 0. The summed E-state index contributed by atoms with van der Waals surface area (Å²) in [6.07, 6.45) is 4.57. The second-order valence-corrected chi connectivity index (χ2v) is 12.4. The van der Waals surface area contributed by atoms with Gasteiger partial charge < -0.3 is 4.74 Å². The van der Waals surface area contributed by atoms with E-state index in [1.807, 2.05) is 13.8 Å². The molecule has 5 heteroatoms. The van der Waals surface area contributed by atoms with Crippen molar-refractivity contribution in [1.29, 1.82) is 0 Å². The maximum Gasteiger partial charge on any atom is 0.400 e. The van der Waals surface area contributed by atoms with E-state index < -0.39 is 23.6 Å². The molecule has 230 valence electrons. The molecule has 0 saturated heterocycles. The summed E-state index contributed by atoms with van der Waals surface area (Å²) in [7, 11) is 0. The summed E-state index contributed by atoms with van der Waals surface area (Å²) in [6, 6.07) is 0. The maximum absolute atomic E-state index is 14.9. The molecule has 0 rings (SSSR count). The van der Waals surface area contributed by atoms with Crippen LogP contribution in [0, 0.1) is 35.5 Å². The van der Waals surface area contributed by atoms with E-state index in [0.29, 0.717) is 30.8 Å². The highest BCUT2D eigenvalue weighted by Gasteiger charge is 2.39. The normalized spacial score (nSPS) is 16.7. The zero-order valence-electron chi connectivity index (χ0n) is 26.5. The third-order valence-electron chi connectivity index (χ3n) is 8.12. The highest BCUT2D eigenvalue weighted by Crippen LogP contribution is 2.35. The van der Waals surface area contributed by atoms with E-state index >= 15 is 0 Å². The van der Waals surface area contributed by atoms with Gasteiger partial charge in [0.15, 0.2) is 0 Å². The second-order valence-electron chi connectivity index (χ2n) is 12.4. The molecule has 0 aliphatic heterocycles. The molecular weight excluding hydrogens is 512 g/mol. The lowest BCUT2D eigenvalue weighted by Crippen LogP contribution is -2.29. The number of rotatable bonds is 21. The van der Waals surface area contributed by atoms with Gasteiger partial charge in [-0.1, -0.05) is 94.5 Å². The van der Waals surface area contributed by atoms with Gasteiger partial charge >= 0.3 is 6.11 Å². The average molecular weight is 569 g/mol. The van der Waals surface area contributed by atoms with Gasteiger partial charge in [-0.05, 0) is 90.9 Å².